The number of hydrogen-bond donors (Lipinski definition) is 1. The Balaban J connectivity index is 2.33. The van der Waals surface area contributed by atoms with Crippen LogP contribution in [0.1, 0.15) is 24.3 Å². The lowest BCUT2D eigenvalue weighted by molar-refractivity contribution is 0.0520. The van der Waals surface area contributed by atoms with Gasteiger partial charge in [0.2, 0.25) is 0 Å². The number of pyridine rings is 1. The number of hydrogen-bond acceptors (Lipinski definition) is 4. The Kier molecular flexibility index (Phi) is 3.27. The number of H-pyrrole nitrogens is 1. The first-order valence-electron chi connectivity index (χ1n) is 5.53. The molecule has 0 aliphatic rings. The van der Waals surface area contributed by atoms with Crippen LogP contribution in [-0.2, 0) is 4.74 Å². The summed E-state index contributed by atoms with van der Waals surface area (Å²) < 4.78 is 10.2. The van der Waals surface area contributed by atoms with Crippen molar-refractivity contribution < 1.29 is 14.3 Å². The third-order valence-corrected chi connectivity index (χ3v) is 2.25. The number of carbonyl (C=O) groups excluding carboxylic acids is 1. The van der Waals surface area contributed by atoms with Crippen molar-refractivity contribution in [3.8, 4) is 5.75 Å². The molecule has 0 saturated carbocycles. The number of ether oxygens (including phenoxy) is 2. The molecule has 0 unspecified atom stereocenters. The van der Waals surface area contributed by atoms with Crippen molar-refractivity contribution in [2.45, 2.75) is 13.8 Å². The van der Waals surface area contributed by atoms with Crippen LogP contribution < -0.4 is 4.74 Å². The van der Waals surface area contributed by atoms with Gasteiger partial charge in [-0.1, -0.05) is 0 Å². The van der Waals surface area contributed by atoms with Crippen LogP contribution in [0.5, 0.6) is 5.75 Å². The average molecular weight is 234 g/mol. The van der Waals surface area contributed by atoms with E-state index >= 15 is 0 Å². The Morgan fingerprint density at radius 2 is 2.18 bits per heavy atom. The first kappa shape index (κ1) is 11.4. The normalized spacial score (nSPS) is 10.5. The lowest BCUT2D eigenvalue weighted by atomic mass is 10.3. The zero-order valence-electron chi connectivity index (χ0n) is 9.82. The van der Waals surface area contributed by atoms with E-state index < -0.39 is 0 Å². The van der Waals surface area contributed by atoms with Crippen LogP contribution in [0.15, 0.2) is 18.3 Å². The van der Waals surface area contributed by atoms with Crippen molar-refractivity contribution >= 4 is 17.0 Å². The van der Waals surface area contributed by atoms with Gasteiger partial charge in [0.05, 0.1) is 19.4 Å². The molecule has 0 aromatic carbocycles. The predicted molar refractivity (Wildman–Crippen MR) is 63.2 cm³/mol. The molecule has 0 saturated heterocycles. The highest BCUT2D eigenvalue weighted by atomic mass is 16.5. The molecular weight excluding hydrogens is 220 g/mol. The first-order valence-corrected chi connectivity index (χ1v) is 5.53. The van der Waals surface area contributed by atoms with E-state index in [1.165, 1.54) is 0 Å². The van der Waals surface area contributed by atoms with Crippen molar-refractivity contribution in [2.24, 2.45) is 0 Å². The van der Waals surface area contributed by atoms with Crippen LogP contribution in [0.25, 0.3) is 11.0 Å². The SMILES string of the molecule is CCOC(=O)c1cc2cc(OCC)cnc2[nH]1. The summed E-state index contributed by atoms with van der Waals surface area (Å²) in [6, 6.07) is 3.55. The van der Waals surface area contributed by atoms with E-state index in [1.807, 2.05) is 13.0 Å². The molecule has 0 radical (unpaired) electrons. The fraction of sp³-hybridized carbons (Fsp3) is 0.333. The molecule has 0 spiro atoms. The molecule has 2 rings (SSSR count). The zero-order chi connectivity index (χ0) is 12.3. The van der Waals surface area contributed by atoms with Gasteiger partial charge < -0.3 is 14.5 Å². The summed E-state index contributed by atoms with van der Waals surface area (Å²) in [4.78, 5) is 18.6. The number of nitrogens with one attached hydrogen (secondary N) is 1. The van der Waals surface area contributed by atoms with Gasteiger partial charge in [0, 0.05) is 5.39 Å². The third kappa shape index (κ3) is 2.38. The molecule has 2 aromatic rings. The first-order chi connectivity index (χ1) is 8.24. The summed E-state index contributed by atoms with van der Waals surface area (Å²) in [5.41, 5.74) is 1.06. The molecule has 17 heavy (non-hydrogen) atoms. The summed E-state index contributed by atoms with van der Waals surface area (Å²) in [6.45, 7) is 4.62. The lowest BCUT2D eigenvalue weighted by Gasteiger charge is -2.00. The summed E-state index contributed by atoms with van der Waals surface area (Å²) in [7, 11) is 0. The molecule has 0 amide bonds. The highest BCUT2D eigenvalue weighted by Crippen LogP contribution is 2.19. The molecule has 5 nitrogen and oxygen atoms in total. The van der Waals surface area contributed by atoms with Crippen LogP contribution >= 0.6 is 0 Å². The molecule has 2 aromatic heterocycles. The molecular formula is C12H14N2O3. The topological polar surface area (TPSA) is 64.2 Å². The monoisotopic (exact) mass is 234 g/mol. The minimum absolute atomic E-state index is 0.353. The summed E-state index contributed by atoms with van der Waals surface area (Å²) in [5, 5.41) is 0.832. The molecule has 0 aliphatic heterocycles. The fourth-order valence-corrected chi connectivity index (χ4v) is 1.56. The Morgan fingerprint density at radius 1 is 1.35 bits per heavy atom. The second-order valence-corrected chi connectivity index (χ2v) is 3.45. The van der Waals surface area contributed by atoms with Crippen LogP contribution in [0, 0.1) is 0 Å². The van der Waals surface area contributed by atoms with E-state index in [4.69, 9.17) is 9.47 Å². The molecule has 5 heteroatoms. The van der Waals surface area contributed by atoms with Gasteiger partial charge in [-0.15, -0.1) is 0 Å². The highest BCUT2D eigenvalue weighted by Gasteiger charge is 2.11. The van der Waals surface area contributed by atoms with Crippen molar-refractivity contribution in [3.05, 3.63) is 24.0 Å². The van der Waals surface area contributed by atoms with Gasteiger partial charge in [-0.3, -0.25) is 0 Å². The van der Waals surface area contributed by atoms with Crippen molar-refractivity contribution in [2.75, 3.05) is 13.2 Å². The quantitative estimate of drug-likeness (QED) is 0.823. The second-order valence-electron chi connectivity index (χ2n) is 3.45. The molecule has 0 atom stereocenters. The Labute approximate surface area is 98.8 Å². The van der Waals surface area contributed by atoms with Crippen LogP contribution in [0.3, 0.4) is 0 Å². The van der Waals surface area contributed by atoms with E-state index in [1.54, 1.807) is 19.2 Å². The number of nitrogens with zero attached hydrogens (tertiary/aromatic N) is 1. The van der Waals surface area contributed by atoms with E-state index in [0.717, 1.165) is 5.39 Å². The minimum Gasteiger partial charge on any atom is -0.492 e. The van der Waals surface area contributed by atoms with Gasteiger partial charge in [-0.05, 0) is 26.0 Å². The number of esters is 1. The van der Waals surface area contributed by atoms with Gasteiger partial charge in [-0.2, -0.15) is 0 Å². The standard InChI is InChI=1S/C12H14N2O3/c1-3-16-9-5-8-6-10(12(15)17-4-2)14-11(8)13-7-9/h5-7H,3-4H2,1-2H3,(H,13,14). The van der Waals surface area contributed by atoms with E-state index in [2.05, 4.69) is 9.97 Å². The predicted octanol–water partition coefficient (Wildman–Crippen LogP) is 2.14. The fourth-order valence-electron chi connectivity index (χ4n) is 1.56. The molecule has 0 aliphatic carbocycles. The smallest absolute Gasteiger partial charge is 0.354 e. The van der Waals surface area contributed by atoms with Crippen LogP contribution in [0.4, 0.5) is 0 Å². The van der Waals surface area contributed by atoms with Gasteiger partial charge in [0.15, 0.2) is 0 Å². The highest BCUT2D eigenvalue weighted by molar-refractivity contribution is 5.93. The number of fused-ring (bicyclic) bond motifs is 1. The van der Waals surface area contributed by atoms with E-state index in [-0.39, 0.29) is 5.97 Å². The molecule has 90 valence electrons. The van der Waals surface area contributed by atoms with Crippen molar-refractivity contribution in [1.82, 2.24) is 9.97 Å². The maximum Gasteiger partial charge on any atom is 0.354 e. The second kappa shape index (κ2) is 4.86. The average Bonchev–Trinajstić information content (AvgIpc) is 2.73. The van der Waals surface area contributed by atoms with Crippen molar-refractivity contribution in [3.63, 3.8) is 0 Å². The van der Waals surface area contributed by atoms with Crippen LogP contribution in [0.2, 0.25) is 0 Å². The third-order valence-electron chi connectivity index (χ3n) is 2.25. The molecule has 1 N–H and O–H groups in total. The Bertz CT molecular complexity index is 534. The van der Waals surface area contributed by atoms with Gasteiger partial charge in [0.1, 0.15) is 17.1 Å². The summed E-state index contributed by atoms with van der Waals surface area (Å²) in [6.07, 6.45) is 1.62. The van der Waals surface area contributed by atoms with Gasteiger partial charge in [-0.25, -0.2) is 9.78 Å². The number of rotatable bonds is 4. The summed E-state index contributed by atoms with van der Waals surface area (Å²) >= 11 is 0. The number of carbonyl (C=O) groups is 1. The lowest BCUT2D eigenvalue weighted by Crippen LogP contribution is -2.04. The molecule has 0 bridgehead atoms. The Hall–Kier alpha value is -2.04. The van der Waals surface area contributed by atoms with Gasteiger partial charge in [0.25, 0.3) is 0 Å². The summed E-state index contributed by atoms with van der Waals surface area (Å²) in [5.74, 6) is 0.317. The van der Waals surface area contributed by atoms with E-state index in [0.29, 0.717) is 30.3 Å². The van der Waals surface area contributed by atoms with Crippen LogP contribution in [-0.4, -0.2) is 29.2 Å². The largest absolute Gasteiger partial charge is 0.492 e. The number of aromatic nitrogens is 2. The minimum atomic E-state index is -0.372. The van der Waals surface area contributed by atoms with Crippen molar-refractivity contribution in [1.29, 1.82) is 0 Å². The maximum atomic E-state index is 11.5. The van der Waals surface area contributed by atoms with Gasteiger partial charge >= 0.3 is 5.97 Å². The maximum absolute atomic E-state index is 11.5. The molecule has 0 fully saturated rings. The number of aromatic amines is 1. The molecule has 2 heterocycles. The Morgan fingerprint density at radius 3 is 2.88 bits per heavy atom. The zero-order valence-corrected chi connectivity index (χ0v) is 9.82. The van der Waals surface area contributed by atoms with E-state index in [9.17, 15) is 4.79 Å².